The molecule has 0 atom stereocenters. The van der Waals surface area contributed by atoms with Gasteiger partial charge in [0.2, 0.25) is 0 Å². The lowest BCUT2D eigenvalue weighted by atomic mass is 10.2. The van der Waals surface area contributed by atoms with Crippen molar-refractivity contribution in [3.8, 4) is 0 Å². The maximum Gasteiger partial charge on any atom is 0.0953 e. The molecule has 16 heavy (non-hydrogen) atoms. The quantitative estimate of drug-likeness (QED) is 0.431. The summed E-state index contributed by atoms with van der Waals surface area (Å²) in [5.74, 6) is 1.03. The number of benzene rings is 1. The number of aliphatic imine (C=N–C) groups is 1. The first-order valence-electron chi connectivity index (χ1n) is 5.50. The maximum atomic E-state index is 5.52. The summed E-state index contributed by atoms with van der Waals surface area (Å²) in [6.07, 6.45) is 0. The van der Waals surface area contributed by atoms with Gasteiger partial charge in [-0.1, -0.05) is 30.3 Å². The zero-order valence-corrected chi connectivity index (χ0v) is 10.3. The fraction of sp³-hybridized carbons (Fsp3) is 0.462. The van der Waals surface area contributed by atoms with Crippen molar-refractivity contribution >= 4 is 5.84 Å². The molecule has 0 unspecified atom stereocenters. The van der Waals surface area contributed by atoms with Gasteiger partial charge in [-0.2, -0.15) is 0 Å². The molecule has 0 fully saturated rings. The largest absolute Gasteiger partial charge is 0.375 e. The maximum absolute atomic E-state index is 5.52. The topological polar surface area (TPSA) is 24.8 Å². The van der Waals surface area contributed by atoms with E-state index >= 15 is 0 Å². The molecule has 0 spiro atoms. The second kappa shape index (κ2) is 7.01. The first kappa shape index (κ1) is 12.7. The summed E-state index contributed by atoms with van der Waals surface area (Å²) in [7, 11) is 3.98. The first-order chi connectivity index (χ1) is 7.70. The molecule has 0 N–H and O–H groups in total. The first-order valence-corrected chi connectivity index (χ1v) is 5.50. The second-order valence-corrected chi connectivity index (χ2v) is 3.86. The summed E-state index contributed by atoms with van der Waals surface area (Å²) in [5.41, 5.74) is 1.20. The van der Waals surface area contributed by atoms with Gasteiger partial charge in [-0.15, -0.1) is 0 Å². The van der Waals surface area contributed by atoms with Crippen molar-refractivity contribution in [1.82, 2.24) is 4.90 Å². The Kier molecular flexibility index (Phi) is 5.57. The zero-order valence-electron chi connectivity index (χ0n) is 10.3. The van der Waals surface area contributed by atoms with Crippen LogP contribution in [-0.4, -0.2) is 38.0 Å². The van der Waals surface area contributed by atoms with E-state index in [9.17, 15) is 0 Å². The van der Waals surface area contributed by atoms with Crippen molar-refractivity contribution in [3.63, 3.8) is 0 Å². The molecule has 88 valence electrons. The Bertz CT molecular complexity index is 320. The zero-order chi connectivity index (χ0) is 11.8. The molecule has 0 aromatic heterocycles. The van der Waals surface area contributed by atoms with E-state index in [0.717, 1.165) is 12.4 Å². The van der Waals surface area contributed by atoms with E-state index < -0.39 is 0 Å². The Hall–Kier alpha value is -1.35. The molecule has 0 aliphatic carbocycles. The van der Waals surface area contributed by atoms with Gasteiger partial charge in [0, 0.05) is 14.1 Å². The molecular weight excluding hydrogens is 200 g/mol. The molecule has 0 saturated heterocycles. The van der Waals surface area contributed by atoms with E-state index in [4.69, 9.17) is 4.74 Å². The van der Waals surface area contributed by atoms with E-state index in [1.54, 1.807) is 0 Å². The lowest BCUT2D eigenvalue weighted by Gasteiger charge is -2.11. The van der Waals surface area contributed by atoms with Gasteiger partial charge in [0.1, 0.15) is 0 Å². The summed E-state index contributed by atoms with van der Waals surface area (Å²) in [4.78, 5) is 6.37. The summed E-state index contributed by atoms with van der Waals surface area (Å²) in [6.45, 7) is 4.05. The van der Waals surface area contributed by atoms with Gasteiger partial charge < -0.3 is 9.64 Å². The molecule has 1 rings (SSSR count). The van der Waals surface area contributed by atoms with E-state index in [-0.39, 0.29) is 0 Å². The monoisotopic (exact) mass is 220 g/mol. The fourth-order valence-corrected chi connectivity index (χ4v) is 1.18. The highest BCUT2D eigenvalue weighted by molar-refractivity contribution is 5.79. The predicted octanol–water partition coefficient (Wildman–Crippen LogP) is 2.18. The van der Waals surface area contributed by atoms with Gasteiger partial charge in [-0.25, -0.2) is 0 Å². The van der Waals surface area contributed by atoms with E-state index in [0.29, 0.717) is 13.2 Å². The number of hydrogen-bond acceptors (Lipinski definition) is 2. The third kappa shape index (κ3) is 4.94. The number of amidine groups is 1. The van der Waals surface area contributed by atoms with Crippen LogP contribution in [0.25, 0.3) is 0 Å². The second-order valence-electron chi connectivity index (χ2n) is 3.86. The van der Waals surface area contributed by atoms with Gasteiger partial charge in [0.25, 0.3) is 0 Å². The van der Waals surface area contributed by atoms with Crippen LogP contribution < -0.4 is 0 Å². The highest BCUT2D eigenvalue weighted by Crippen LogP contribution is 1.99. The van der Waals surface area contributed by atoms with Crippen LogP contribution in [0.4, 0.5) is 0 Å². The number of ether oxygens (including phenoxy) is 1. The molecule has 3 heteroatoms. The van der Waals surface area contributed by atoms with Crippen LogP contribution in [0.1, 0.15) is 12.5 Å². The van der Waals surface area contributed by atoms with Gasteiger partial charge in [0.15, 0.2) is 0 Å². The molecule has 0 saturated carbocycles. The van der Waals surface area contributed by atoms with Crippen molar-refractivity contribution in [1.29, 1.82) is 0 Å². The van der Waals surface area contributed by atoms with Crippen LogP contribution in [0.3, 0.4) is 0 Å². The Morgan fingerprint density at radius 3 is 2.56 bits per heavy atom. The van der Waals surface area contributed by atoms with Crippen LogP contribution in [-0.2, 0) is 11.3 Å². The molecule has 0 radical (unpaired) electrons. The van der Waals surface area contributed by atoms with Crippen LogP contribution in [0.15, 0.2) is 35.3 Å². The SMILES string of the molecule is CC(=NCCOCc1ccccc1)N(C)C. The minimum atomic E-state index is 0.664. The van der Waals surface area contributed by atoms with Crippen LogP contribution in [0.2, 0.25) is 0 Å². The molecule has 1 aromatic carbocycles. The third-order valence-corrected chi connectivity index (χ3v) is 2.34. The predicted molar refractivity (Wildman–Crippen MR) is 67.8 cm³/mol. The van der Waals surface area contributed by atoms with E-state index in [2.05, 4.69) is 17.1 Å². The summed E-state index contributed by atoms with van der Waals surface area (Å²) < 4.78 is 5.52. The minimum Gasteiger partial charge on any atom is -0.375 e. The highest BCUT2D eigenvalue weighted by Gasteiger charge is 1.93. The Labute approximate surface area is 97.8 Å². The smallest absolute Gasteiger partial charge is 0.0953 e. The normalized spacial score (nSPS) is 11.6. The molecule has 1 aromatic rings. The molecule has 0 aliphatic rings. The minimum absolute atomic E-state index is 0.664. The molecule has 3 nitrogen and oxygen atoms in total. The third-order valence-electron chi connectivity index (χ3n) is 2.34. The molecular formula is C13H20N2O. The van der Waals surface area contributed by atoms with Crippen LogP contribution >= 0.6 is 0 Å². The summed E-state index contributed by atoms with van der Waals surface area (Å²) in [5, 5.41) is 0. The van der Waals surface area contributed by atoms with E-state index in [1.165, 1.54) is 5.56 Å². The summed E-state index contributed by atoms with van der Waals surface area (Å²) in [6, 6.07) is 10.2. The van der Waals surface area contributed by atoms with Gasteiger partial charge in [-0.05, 0) is 12.5 Å². The Balaban J connectivity index is 2.16. The van der Waals surface area contributed by atoms with E-state index in [1.807, 2.05) is 44.1 Å². The average Bonchev–Trinajstić information content (AvgIpc) is 2.29. The van der Waals surface area contributed by atoms with Crippen molar-refractivity contribution in [2.45, 2.75) is 13.5 Å². The van der Waals surface area contributed by atoms with Gasteiger partial charge >= 0.3 is 0 Å². The molecule has 0 bridgehead atoms. The van der Waals surface area contributed by atoms with Crippen molar-refractivity contribution in [2.75, 3.05) is 27.2 Å². The Morgan fingerprint density at radius 2 is 1.94 bits per heavy atom. The molecule has 0 amide bonds. The van der Waals surface area contributed by atoms with Crippen LogP contribution in [0, 0.1) is 0 Å². The van der Waals surface area contributed by atoms with Crippen molar-refractivity contribution in [2.24, 2.45) is 4.99 Å². The lowest BCUT2D eigenvalue weighted by Crippen LogP contribution is -2.19. The van der Waals surface area contributed by atoms with Gasteiger partial charge in [-0.3, -0.25) is 4.99 Å². The molecule has 0 aliphatic heterocycles. The number of rotatable bonds is 5. The average molecular weight is 220 g/mol. The number of nitrogens with zero attached hydrogens (tertiary/aromatic N) is 2. The highest BCUT2D eigenvalue weighted by atomic mass is 16.5. The van der Waals surface area contributed by atoms with Crippen molar-refractivity contribution < 1.29 is 4.74 Å². The standard InChI is InChI=1S/C13H20N2O/c1-12(15(2)3)14-9-10-16-11-13-7-5-4-6-8-13/h4-8H,9-11H2,1-3H3. The van der Waals surface area contributed by atoms with Gasteiger partial charge in [0.05, 0.1) is 25.6 Å². The van der Waals surface area contributed by atoms with Crippen molar-refractivity contribution in [3.05, 3.63) is 35.9 Å². The molecule has 0 heterocycles. The lowest BCUT2D eigenvalue weighted by molar-refractivity contribution is 0.128. The Morgan fingerprint density at radius 1 is 1.25 bits per heavy atom. The fourth-order valence-electron chi connectivity index (χ4n) is 1.18. The summed E-state index contributed by atoms with van der Waals surface area (Å²) >= 11 is 0. The van der Waals surface area contributed by atoms with Crippen LogP contribution in [0.5, 0.6) is 0 Å². The number of hydrogen-bond donors (Lipinski definition) is 0.